The van der Waals surface area contributed by atoms with Crippen molar-refractivity contribution >= 4 is 22.1 Å². The van der Waals surface area contributed by atoms with Gasteiger partial charge in [0, 0.05) is 11.8 Å². The van der Waals surface area contributed by atoms with Gasteiger partial charge in [0.15, 0.2) is 12.4 Å². The van der Waals surface area contributed by atoms with E-state index in [0.29, 0.717) is 19.3 Å². The first kappa shape index (κ1) is 21.8. The Labute approximate surface area is 170 Å². The molecule has 13 heteroatoms. The van der Waals surface area contributed by atoms with E-state index >= 15 is 0 Å². The van der Waals surface area contributed by atoms with Crippen molar-refractivity contribution in [1.82, 2.24) is 0 Å². The third-order valence-corrected chi connectivity index (χ3v) is 7.35. The van der Waals surface area contributed by atoms with E-state index in [1.807, 2.05) is 0 Å². The fourth-order valence-electron chi connectivity index (χ4n) is 5.63. The van der Waals surface area contributed by atoms with Crippen LogP contribution in [0.2, 0.25) is 0 Å². The number of alkyl halides is 2. The SMILES string of the molecule is O=C(COC(=O)C(F)(F)S(=O)(=O)O)OC12CC3CC(C1)C1(OCC(CO)O1)C(C3)C2. The molecule has 1 saturated heterocycles. The van der Waals surface area contributed by atoms with Gasteiger partial charge >= 0.3 is 27.3 Å². The van der Waals surface area contributed by atoms with Gasteiger partial charge in [0.1, 0.15) is 11.7 Å². The fourth-order valence-corrected chi connectivity index (χ4v) is 5.90. The summed E-state index contributed by atoms with van der Waals surface area (Å²) >= 11 is 0. The zero-order valence-electron chi connectivity index (χ0n) is 15.8. The summed E-state index contributed by atoms with van der Waals surface area (Å²) in [6, 6.07) is 0. The van der Waals surface area contributed by atoms with E-state index in [0.717, 1.165) is 12.8 Å². The lowest BCUT2D eigenvalue weighted by atomic mass is 9.51. The van der Waals surface area contributed by atoms with Crippen molar-refractivity contribution in [2.24, 2.45) is 17.8 Å². The molecule has 1 heterocycles. The molecule has 4 bridgehead atoms. The summed E-state index contributed by atoms with van der Waals surface area (Å²) in [7, 11) is -6.02. The summed E-state index contributed by atoms with van der Waals surface area (Å²) in [5.74, 6) is -4.36. The minimum atomic E-state index is -6.02. The van der Waals surface area contributed by atoms with Gasteiger partial charge in [-0.1, -0.05) is 0 Å². The van der Waals surface area contributed by atoms with Crippen LogP contribution in [-0.2, 0) is 38.7 Å². The number of hydrogen-bond donors (Lipinski definition) is 2. The van der Waals surface area contributed by atoms with Gasteiger partial charge in [-0.25, -0.2) is 9.59 Å². The van der Waals surface area contributed by atoms with E-state index in [1.165, 1.54) is 0 Å². The highest BCUT2D eigenvalue weighted by Gasteiger charge is 2.67. The molecule has 0 aromatic carbocycles. The van der Waals surface area contributed by atoms with Gasteiger partial charge in [0.05, 0.1) is 13.2 Å². The van der Waals surface area contributed by atoms with Crippen LogP contribution in [0.15, 0.2) is 0 Å². The minimum Gasteiger partial charge on any atom is -0.457 e. The van der Waals surface area contributed by atoms with Crippen molar-refractivity contribution < 1.29 is 55.4 Å². The maximum absolute atomic E-state index is 13.2. The van der Waals surface area contributed by atoms with Crippen LogP contribution in [0, 0.1) is 17.8 Å². The second-order valence-corrected chi connectivity index (χ2v) is 9.99. The van der Waals surface area contributed by atoms with E-state index in [2.05, 4.69) is 4.74 Å². The van der Waals surface area contributed by atoms with Gasteiger partial charge in [-0.3, -0.25) is 4.55 Å². The molecule has 4 saturated carbocycles. The van der Waals surface area contributed by atoms with Crippen molar-refractivity contribution in [2.45, 2.75) is 54.9 Å². The predicted octanol–water partition coefficient (Wildman–Crippen LogP) is 0.236. The molecule has 5 rings (SSSR count). The van der Waals surface area contributed by atoms with E-state index in [9.17, 15) is 31.9 Å². The maximum atomic E-state index is 13.2. The lowest BCUT2D eigenvalue weighted by Crippen LogP contribution is -2.65. The van der Waals surface area contributed by atoms with Crippen LogP contribution in [0.5, 0.6) is 0 Å². The van der Waals surface area contributed by atoms with Gasteiger partial charge in [0.25, 0.3) is 0 Å². The molecule has 1 aliphatic heterocycles. The third kappa shape index (κ3) is 3.40. The summed E-state index contributed by atoms with van der Waals surface area (Å²) in [5.41, 5.74) is -0.874. The Hall–Kier alpha value is -1.41. The molecule has 10 nitrogen and oxygen atoms in total. The molecule has 0 aromatic rings. The minimum absolute atomic E-state index is 0.0699. The molecule has 0 amide bonds. The molecule has 5 fully saturated rings. The summed E-state index contributed by atoms with van der Waals surface area (Å²) in [6.07, 6.45) is 2.61. The average Bonchev–Trinajstić information content (AvgIpc) is 3.08. The molecular formula is C17H22F2O10S. The third-order valence-electron chi connectivity index (χ3n) is 6.53. The van der Waals surface area contributed by atoms with E-state index in [-0.39, 0.29) is 31.0 Å². The van der Waals surface area contributed by atoms with Crippen molar-refractivity contribution in [1.29, 1.82) is 0 Å². The second kappa shape index (κ2) is 7.05. The van der Waals surface area contributed by atoms with Gasteiger partial charge in [-0.15, -0.1) is 0 Å². The molecular weight excluding hydrogens is 434 g/mol. The predicted molar refractivity (Wildman–Crippen MR) is 90.5 cm³/mol. The molecule has 3 unspecified atom stereocenters. The highest BCUT2D eigenvalue weighted by molar-refractivity contribution is 7.87. The zero-order chi connectivity index (χ0) is 21.9. The summed E-state index contributed by atoms with van der Waals surface area (Å²) < 4.78 is 77.5. The van der Waals surface area contributed by atoms with Crippen LogP contribution in [-0.4, -0.2) is 72.6 Å². The summed E-state index contributed by atoms with van der Waals surface area (Å²) in [6.45, 7) is -1.10. The quantitative estimate of drug-likeness (QED) is 0.421. The smallest absolute Gasteiger partial charge is 0.457 e. The lowest BCUT2D eigenvalue weighted by Gasteiger charge is -2.62. The first-order valence-electron chi connectivity index (χ1n) is 9.57. The molecule has 4 aliphatic carbocycles. The van der Waals surface area contributed by atoms with Crippen LogP contribution in [0.3, 0.4) is 0 Å². The largest absolute Gasteiger partial charge is 0.465 e. The molecule has 2 N–H and O–H groups in total. The monoisotopic (exact) mass is 456 g/mol. The topological polar surface area (TPSA) is 146 Å². The van der Waals surface area contributed by atoms with Crippen LogP contribution in [0.4, 0.5) is 8.78 Å². The van der Waals surface area contributed by atoms with Gasteiger partial charge in [-0.05, 0) is 38.0 Å². The summed E-state index contributed by atoms with van der Waals surface area (Å²) in [4.78, 5) is 23.4. The fraction of sp³-hybridized carbons (Fsp3) is 0.882. The normalized spacial score (nSPS) is 40.0. The second-order valence-electron chi connectivity index (χ2n) is 8.52. The number of carbonyl (C=O) groups is 2. The highest BCUT2D eigenvalue weighted by atomic mass is 32.2. The number of rotatable bonds is 6. The van der Waals surface area contributed by atoms with Gasteiger partial charge in [-0.2, -0.15) is 17.2 Å². The Kier molecular flexibility index (Phi) is 5.13. The molecule has 1 spiro atoms. The first-order chi connectivity index (χ1) is 13.9. The number of esters is 2. The molecule has 3 atom stereocenters. The van der Waals surface area contributed by atoms with Crippen LogP contribution in [0.1, 0.15) is 32.1 Å². The lowest BCUT2D eigenvalue weighted by molar-refractivity contribution is -0.320. The Morgan fingerprint density at radius 1 is 1.17 bits per heavy atom. The van der Waals surface area contributed by atoms with Crippen LogP contribution < -0.4 is 0 Å². The Morgan fingerprint density at radius 2 is 1.80 bits per heavy atom. The number of ether oxygens (including phenoxy) is 4. The van der Waals surface area contributed by atoms with Crippen molar-refractivity contribution in [3.8, 4) is 0 Å². The molecule has 5 aliphatic rings. The maximum Gasteiger partial charge on any atom is 0.465 e. The highest BCUT2D eigenvalue weighted by Crippen LogP contribution is 2.63. The van der Waals surface area contributed by atoms with E-state index in [4.69, 9.17) is 18.8 Å². The van der Waals surface area contributed by atoms with Crippen LogP contribution in [0.25, 0.3) is 0 Å². The van der Waals surface area contributed by atoms with Crippen molar-refractivity contribution in [3.63, 3.8) is 0 Å². The number of halogens is 2. The van der Waals surface area contributed by atoms with Gasteiger partial charge in [0.2, 0.25) is 0 Å². The number of aliphatic hydroxyl groups excluding tert-OH is 1. The van der Waals surface area contributed by atoms with Crippen molar-refractivity contribution in [2.75, 3.05) is 19.8 Å². The number of aliphatic hydroxyl groups is 1. The Morgan fingerprint density at radius 3 is 2.33 bits per heavy atom. The molecule has 170 valence electrons. The zero-order valence-corrected chi connectivity index (χ0v) is 16.6. The van der Waals surface area contributed by atoms with E-state index < -0.39 is 51.4 Å². The Balaban J connectivity index is 1.39. The molecule has 0 aromatic heterocycles. The average molecular weight is 456 g/mol. The van der Waals surface area contributed by atoms with Crippen LogP contribution >= 0.6 is 0 Å². The summed E-state index contributed by atoms with van der Waals surface area (Å²) in [5, 5.41) is 4.18. The molecule has 0 radical (unpaired) electrons. The number of hydrogen-bond acceptors (Lipinski definition) is 9. The number of carbonyl (C=O) groups excluding carboxylic acids is 2. The Bertz CT molecular complexity index is 827. The molecule has 30 heavy (non-hydrogen) atoms. The standard InChI is InChI=1S/C17H22F2O10S/c18-17(19,30(23,24)25)14(22)26-8-13(21)29-15-3-9-1-10(4-15)16(11(2-9)5-15)27-7-12(6-20)28-16/h9-12,20H,1-8H2,(H,23,24,25). The van der Waals surface area contributed by atoms with E-state index in [1.54, 1.807) is 0 Å². The van der Waals surface area contributed by atoms with Crippen molar-refractivity contribution in [3.05, 3.63) is 0 Å². The first-order valence-corrected chi connectivity index (χ1v) is 11.0. The van der Waals surface area contributed by atoms with Gasteiger partial charge < -0.3 is 24.1 Å².